The highest BCUT2D eigenvalue weighted by molar-refractivity contribution is 7.84. The lowest BCUT2D eigenvalue weighted by Gasteiger charge is -2.27. The molecular formula is C12H21NO3S. The minimum absolute atomic E-state index is 0.149. The lowest BCUT2D eigenvalue weighted by atomic mass is 9.79. The van der Waals surface area contributed by atoms with E-state index in [-0.39, 0.29) is 6.61 Å². The first-order chi connectivity index (χ1) is 7.78. The molecule has 0 aromatic heterocycles. The van der Waals surface area contributed by atoms with E-state index in [1.54, 1.807) is 0 Å². The second kappa shape index (κ2) is 5.80. The fourth-order valence-corrected chi connectivity index (χ4v) is 2.60. The van der Waals surface area contributed by atoms with E-state index in [2.05, 4.69) is 23.8 Å². The fourth-order valence-electron chi connectivity index (χ4n) is 2.27. The monoisotopic (exact) mass is 259 g/mol. The minimum Gasteiger partial charge on any atom is -0.258 e. The molecule has 0 radical (unpaired) electrons. The molecule has 0 fully saturated rings. The van der Waals surface area contributed by atoms with Gasteiger partial charge in [-0.25, -0.2) is 5.14 Å². The molecule has 5 heteroatoms. The molecule has 0 unspecified atom stereocenters. The van der Waals surface area contributed by atoms with Gasteiger partial charge in [0.05, 0.1) is 6.61 Å². The van der Waals surface area contributed by atoms with Crippen molar-refractivity contribution in [1.82, 2.24) is 0 Å². The largest absolute Gasteiger partial charge is 0.333 e. The van der Waals surface area contributed by atoms with E-state index >= 15 is 0 Å². The third kappa shape index (κ3) is 5.48. The number of nitrogens with two attached hydrogens (primary N) is 1. The maximum atomic E-state index is 10.6. The number of hydrogen-bond donors (Lipinski definition) is 1. The molecule has 0 heterocycles. The van der Waals surface area contributed by atoms with Crippen molar-refractivity contribution in [3.63, 3.8) is 0 Å². The molecule has 0 saturated carbocycles. The average Bonchev–Trinajstić information content (AvgIpc) is 2.14. The predicted octanol–water partition coefficient (Wildman–Crippen LogP) is 2.15. The van der Waals surface area contributed by atoms with Crippen molar-refractivity contribution in [3.05, 3.63) is 23.8 Å². The van der Waals surface area contributed by atoms with E-state index < -0.39 is 10.3 Å². The highest BCUT2D eigenvalue weighted by Crippen LogP contribution is 2.33. The van der Waals surface area contributed by atoms with E-state index in [1.807, 2.05) is 6.92 Å². The van der Waals surface area contributed by atoms with Gasteiger partial charge < -0.3 is 0 Å². The second-order valence-corrected chi connectivity index (χ2v) is 6.08. The smallest absolute Gasteiger partial charge is 0.258 e. The summed E-state index contributed by atoms with van der Waals surface area (Å²) >= 11 is 0. The highest BCUT2D eigenvalue weighted by Gasteiger charge is 2.21. The lowest BCUT2D eigenvalue weighted by Crippen LogP contribution is -2.20. The molecule has 17 heavy (non-hydrogen) atoms. The fraction of sp³-hybridized carbons (Fsp3) is 0.667. The van der Waals surface area contributed by atoms with Crippen LogP contribution in [0.5, 0.6) is 0 Å². The van der Waals surface area contributed by atoms with Crippen molar-refractivity contribution in [2.45, 2.75) is 33.1 Å². The molecule has 1 aliphatic carbocycles. The van der Waals surface area contributed by atoms with E-state index in [9.17, 15) is 8.42 Å². The molecule has 2 N–H and O–H groups in total. The molecule has 0 bridgehead atoms. The van der Waals surface area contributed by atoms with Crippen LogP contribution in [0.15, 0.2) is 23.8 Å². The summed E-state index contributed by atoms with van der Waals surface area (Å²) in [5, 5.41) is 4.77. The molecular weight excluding hydrogens is 238 g/mol. The van der Waals surface area contributed by atoms with Crippen LogP contribution in [0.1, 0.15) is 33.1 Å². The summed E-state index contributed by atoms with van der Waals surface area (Å²) in [5.74, 6) is 0.853. The van der Waals surface area contributed by atoms with Gasteiger partial charge in [0, 0.05) is 0 Å². The first-order valence-electron chi connectivity index (χ1n) is 5.78. The van der Waals surface area contributed by atoms with E-state index in [1.165, 1.54) is 11.1 Å². The highest BCUT2D eigenvalue weighted by atomic mass is 32.2. The van der Waals surface area contributed by atoms with Crippen LogP contribution < -0.4 is 5.14 Å². The third-order valence-electron chi connectivity index (χ3n) is 3.11. The zero-order chi connectivity index (χ0) is 13.1. The van der Waals surface area contributed by atoms with Crippen molar-refractivity contribution < 1.29 is 12.6 Å². The van der Waals surface area contributed by atoms with Gasteiger partial charge in [0.15, 0.2) is 0 Å². The SMILES string of the molecule is C=C(C)[C@@H]1CC(C)=C[C@H](CCOS(N)(=O)=O)C1. The zero-order valence-electron chi connectivity index (χ0n) is 10.5. The normalized spacial score (nSPS) is 25.5. The molecule has 0 amide bonds. The molecule has 98 valence electrons. The van der Waals surface area contributed by atoms with E-state index in [0.29, 0.717) is 18.3 Å². The Bertz CT molecular complexity index is 411. The molecule has 0 aliphatic heterocycles. The van der Waals surface area contributed by atoms with Crippen LogP contribution in [0, 0.1) is 11.8 Å². The van der Waals surface area contributed by atoms with Crippen LogP contribution in [0.3, 0.4) is 0 Å². The standard InChI is InChI=1S/C12H21NO3S/c1-9(2)12-7-10(3)6-11(8-12)4-5-16-17(13,14)15/h6,11-12H,1,4-5,7-8H2,2-3H3,(H2,13,14,15)/t11-,12+/m0/s1. The van der Waals surface area contributed by atoms with Crippen molar-refractivity contribution >= 4 is 10.3 Å². The van der Waals surface area contributed by atoms with Crippen molar-refractivity contribution in [3.8, 4) is 0 Å². The Morgan fingerprint density at radius 1 is 1.65 bits per heavy atom. The molecule has 0 aromatic rings. The number of allylic oxidation sites excluding steroid dienone is 3. The Morgan fingerprint density at radius 2 is 2.29 bits per heavy atom. The Morgan fingerprint density at radius 3 is 2.82 bits per heavy atom. The topological polar surface area (TPSA) is 69.4 Å². The first-order valence-corrected chi connectivity index (χ1v) is 7.25. The Labute approximate surface area is 104 Å². The van der Waals surface area contributed by atoms with Gasteiger partial charge >= 0.3 is 10.3 Å². The van der Waals surface area contributed by atoms with Crippen LogP contribution in [-0.2, 0) is 14.5 Å². The molecule has 2 atom stereocenters. The Kier molecular flexibility index (Phi) is 4.91. The summed E-state index contributed by atoms with van der Waals surface area (Å²) in [6, 6.07) is 0. The van der Waals surface area contributed by atoms with E-state index in [0.717, 1.165) is 12.8 Å². The molecule has 0 spiro atoms. The summed E-state index contributed by atoms with van der Waals surface area (Å²) in [4.78, 5) is 0. The Hall–Kier alpha value is -0.650. The second-order valence-electron chi connectivity index (χ2n) is 4.86. The van der Waals surface area contributed by atoms with Gasteiger partial charge in [-0.05, 0) is 44.9 Å². The van der Waals surface area contributed by atoms with Crippen molar-refractivity contribution in [2.75, 3.05) is 6.61 Å². The van der Waals surface area contributed by atoms with Gasteiger partial charge in [-0.3, -0.25) is 4.18 Å². The molecule has 4 nitrogen and oxygen atoms in total. The molecule has 0 saturated heterocycles. The molecule has 1 rings (SSSR count). The Balaban J connectivity index is 2.49. The lowest BCUT2D eigenvalue weighted by molar-refractivity contribution is 0.279. The van der Waals surface area contributed by atoms with Gasteiger partial charge in [-0.1, -0.05) is 23.8 Å². The molecule has 1 aliphatic rings. The van der Waals surface area contributed by atoms with Gasteiger partial charge in [0.25, 0.3) is 0 Å². The minimum atomic E-state index is -3.81. The van der Waals surface area contributed by atoms with Crippen LogP contribution in [0.2, 0.25) is 0 Å². The summed E-state index contributed by atoms with van der Waals surface area (Å²) < 4.78 is 25.8. The summed E-state index contributed by atoms with van der Waals surface area (Å²) in [7, 11) is -3.81. The zero-order valence-corrected chi connectivity index (χ0v) is 11.3. The summed E-state index contributed by atoms with van der Waals surface area (Å²) in [6.07, 6.45) is 4.95. The van der Waals surface area contributed by atoms with Crippen LogP contribution >= 0.6 is 0 Å². The summed E-state index contributed by atoms with van der Waals surface area (Å²) in [6.45, 7) is 8.28. The quantitative estimate of drug-likeness (QED) is 0.769. The molecule has 0 aromatic carbocycles. The van der Waals surface area contributed by atoms with Crippen LogP contribution in [-0.4, -0.2) is 15.0 Å². The van der Waals surface area contributed by atoms with E-state index in [4.69, 9.17) is 5.14 Å². The van der Waals surface area contributed by atoms with Gasteiger partial charge in [0.2, 0.25) is 0 Å². The van der Waals surface area contributed by atoms with Gasteiger partial charge in [0.1, 0.15) is 0 Å². The summed E-state index contributed by atoms with van der Waals surface area (Å²) in [5.41, 5.74) is 2.53. The van der Waals surface area contributed by atoms with Crippen LogP contribution in [0.4, 0.5) is 0 Å². The van der Waals surface area contributed by atoms with Crippen molar-refractivity contribution in [1.29, 1.82) is 0 Å². The van der Waals surface area contributed by atoms with Gasteiger partial charge in [-0.15, -0.1) is 0 Å². The average molecular weight is 259 g/mol. The predicted molar refractivity (Wildman–Crippen MR) is 68.5 cm³/mol. The number of hydrogen-bond acceptors (Lipinski definition) is 3. The maximum absolute atomic E-state index is 10.6. The third-order valence-corrected chi connectivity index (χ3v) is 3.60. The maximum Gasteiger partial charge on any atom is 0.333 e. The number of rotatable bonds is 5. The van der Waals surface area contributed by atoms with Crippen molar-refractivity contribution in [2.24, 2.45) is 17.0 Å². The van der Waals surface area contributed by atoms with Gasteiger partial charge in [-0.2, -0.15) is 8.42 Å². The first kappa shape index (κ1) is 14.4. The van der Waals surface area contributed by atoms with Crippen LogP contribution in [0.25, 0.3) is 0 Å².